The molecule has 114 valence electrons. The zero-order valence-electron chi connectivity index (χ0n) is 11.9. The van der Waals surface area contributed by atoms with Crippen molar-refractivity contribution < 1.29 is 19.7 Å². The minimum absolute atomic E-state index is 0.182. The number of carbonyl (C=O) groups is 1. The number of hydrogen-bond donors (Lipinski definition) is 2. The van der Waals surface area contributed by atoms with Crippen LogP contribution in [-0.2, 0) is 11.5 Å². The molecule has 0 aliphatic carbocycles. The lowest BCUT2D eigenvalue weighted by Gasteiger charge is -1.96. The number of rotatable bonds is 3. The minimum Gasteiger partial charge on any atom is -0.478 e. The molecule has 1 aliphatic rings. The summed E-state index contributed by atoms with van der Waals surface area (Å²) < 4.78 is 0. The number of aromatic amines is 1. The molecule has 0 unspecified atom stereocenters. The van der Waals surface area contributed by atoms with Crippen LogP contribution in [0.5, 0.6) is 5.75 Å². The Hall–Kier alpha value is -3.12. The van der Waals surface area contributed by atoms with Crippen LogP contribution in [0.1, 0.15) is 27.3 Å². The molecule has 0 atom stereocenters. The van der Waals surface area contributed by atoms with Gasteiger partial charge in [-0.25, -0.2) is 9.78 Å². The van der Waals surface area contributed by atoms with E-state index in [0.717, 1.165) is 11.1 Å². The van der Waals surface area contributed by atoms with Gasteiger partial charge in [-0.05, 0) is 29.8 Å². The maximum atomic E-state index is 11.2. The van der Waals surface area contributed by atoms with Crippen LogP contribution in [0.4, 0.5) is 0 Å². The first-order valence-corrected chi connectivity index (χ1v) is 7.03. The molecule has 1 aliphatic heterocycles. The number of aromatic nitrogens is 2. The van der Waals surface area contributed by atoms with Gasteiger partial charge < -0.3 is 15.0 Å². The number of benzene rings is 2. The monoisotopic (exact) mass is 308 g/mol. The van der Waals surface area contributed by atoms with E-state index in [1.54, 1.807) is 18.2 Å². The maximum absolute atomic E-state index is 11.2. The summed E-state index contributed by atoms with van der Waals surface area (Å²) >= 11 is 0. The Balaban J connectivity index is 1.67. The smallest absolute Gasteiger partial charge is 0.337 e. The average Bonchev–Trinajstić information content (AvgIpc) is 3.17. The van der Waals surface area contributed by atoms with Gasteiger partial charge in [0.05, 0.1) is 11.1 Å². The van der Waals surface area contributed by atoms with Crippen LogP contribution in [-0.4, -0.2) is 21.0 Å². The highest BCUT2D eigenvalue weighted by Gasteiger charge is 2.13. The van der Waals surface area contributed by atoms with Crippen LogP contribution in [0.2, 0.25) is 0 Å². The van der Waals surface area contributed by atoms with Crippen molar-refractivity contribution >= 4 is 29.2 Å². The highest BCUT2D eigenvalue weighted by atomic mass is 17.2. The highest BCUT2D eigenvalue weighted by molar-refractivity contribution is 6.01. The molecule has 2 N–H and O–H groups in total. The van der Waals surface area contributed by atoms with E-state index in [-0.39, 0.29) is 5.56 Å². The van der Waals surface area contributed by atoms with E-state index in [1.807, 2.05) is 24.3 Å². The fraction of sp³-hybridized carbons (Fsp3) is 0.0588. The molecule has 0 fully saturated rings. The molecule has 4 rings (SSSR count). The van der Waals surface area contributed by atoms with E-state index in [9.17, 15) is 9.90 Å². The molecule has 0 saturated heterocycles. The van der Waals surface area contributed by atoms with Crippen molar-refractivity contribution in [1.82, 2.24) is 9.97 Å². The summed E-state index contributed by atoms with van der Waals surface area (Å²) in [5.74, 6) is 0.310. The molecule has 6 nitrogen and oxygen atoms in total. The standard InChI is InChI=1S/C17H12N2O4/c20-17(21)12-2-1-3-13-16(12)19-15(18-13)7-5-10-4-6-11-9-22-23-14(11)8-10/h1-8H,9H2,(H,18,19)(H,20,21)/b7-5+. The second-order valence-electron chi connectivity index (χ2n) is 5.17. The van der Waals surface area contributed by atoms with Gasteiger partial charge in [0.25, 0.3) is 0 Å². The normalized spacial score (nSPS) is 13.4. The van der Waals surface area contributed by atoms with Crippen LogP contribution < -0.4 is 4.89 Å². The average molecular weight is 308 g/mol. The number of carboxylic acid groups (broad SMARTS) is 1. The van der Waals surface area contributed by atoms with E-state index in [2.05, 4.69) is 9.97 Å². The van der Waals surface area contributed by atoms with Gasteiger partial charge in [0.15, 0.2) is 5.75 Å². The highest BCUT2D eigenvalue weighted by Crippen LogP contribution is 2.27. The quantitative estimate of drug-likeness (QED) is 0.725. The van der Waals surface area contributed by atoms with Crippen molar-refractivity contribution in [2.75, 3.05) is 0 Å². The predicted molar refractivity (Wildman–Crippen MR) is 83.8 cm³/mol. The summed E-state index contributed by atoms with van der Waals surface area (Å²) in [6, 6.07) is 10.8. The number of hydrogen-bond acceptors (Lipinski definition) is 4. The third kappa shape index (κ3) is 2.45. The number of para-hydroxylation sites is 1. The zero-order valence-corrected chi connectivity index (χ0v) is 11.9. The molecule has 2 heterocycles. The Morgan fingerprint density at radius 1 is 1.26 bits per heavy atom. The lowest BCUT2D eigenvalue weighted by molar-refractivity contribution is -0.194. The van der Waals surface area contributed by atoms with Crippen LogP contribution in [0, 0.1) is 0 Å². The first-order chi connectivity index (χ1) is 11.2. The van der Waals surface area contributed by atoms with E-state index in [4.69, 9.17) is 9.78 Å². The van der Waals surface area contributed by atoms with Crippen molar-refractivity contribution in [3.05, 3.63) is 58.9 Å². The number of nitrogens with one attached hydrogen (secondary N) is 1. The molecule has 23 heavy (non-hydrogen) atoms. The van der Waals surface area contributed by atoms with Crippen LogP contribution in [0.15, 0.2) is 36.4 Å². The van der Waals surface area contributed by atoms with Gasteiger partial charge in [-0.1, -0.05) is 24.3 Å². The summed E-state index contributed by atoms with van der Waals surface area (Å²) in [6.07, 6.45) is 3.67. The second kappa shape index (κ2) is 5.26. The zero-order chi connectivity index (χ0) is 15.8. The molecule has 0 radical (unpaired) electrons. The Kier molecular flexibility index (Phi) is 3.09. The molecule has 0 bridgehead atoms. The first-order valence-electron chi connectivity index (χ1n) is 7.03. The van der Waals surface area contributed by atoms with Crippen LogP contribution >= 0.6 is 0 Å². The first kappa shape index (κ1) is 13.5. The molecule has 1 aromatic heterocycles. The molecular weight excluding hydrogens is 296 g/mol. The fourth-order valence-corrected chi connectivity index (χ4v) is 2.51. The molecular formula is C17H12N2O4. The third-order valence-corrected chi connectivity index (χ3v) is 3.65. The second-order valence-corrected chi connectivity index (χ2v) is 5.17. The molecule has 0 saturated carbocycles. The Bertz CT molecular complexity index is 943. The minimum atomic E-state index is -0.992. The van der Waals surface area contributed by atoms with Crippen molar-refractivity contribution in [1.29, 1.82) is 0 Å². The van der Waals surface area contributed by atoms with Gasteiger partial charge in [-0.15, -0.1) is 0 Å². The van der Waals surface area contributed by atoms with Crippen molar-refractivity contribution in [3.63, 3.8) is 0 Å². The summed E-state index contributed by atoms with van der Waals surface area (Å²) in [6.45, 7) is 0.459. The number of imidazole rings is 1. The Labute approximate surface area is 130 Å². The van der Waals surface area contributed by atoms with Gasteiger partial charge in [0, 0.05) is 5.56 Å². The molecule has 6 heteroatoms. The lowest BCUT2D eigenvalue weighted by atomic mass is 10.1. The SMILES string of the molecule is O=C(O)c1cccc2[nH]c(/C=C/c3ccc4c(c3)OOC4)nc12. The lowest BCUT2D eigenvalue weighted by Crippen LogP contribution is -1.96. The van der Waals surface area contributed by atoms with E-state index < -0.39 is 5.97 Å². The van der Waals surface area contributed by atoms with Crippen molar-refractivity contribution in [3.8, 4) is 5.75 Å². The van der Waals surface area contributed by atoms with Gasteiger partial charge in [0.2, 0.25) is 0 Å². The summed E-state index contributed by atoms with van der Waals surface area (Å²) in [7, 11) is 0. The number of nitrogens with zero attached hydrogens (tertiary/aromatic N) is 1. The van der Waals surface area contributed by atoms with E-state index in [1.165, 1.54) is 6.07 Å². The van der Waals surface area contributed by atoms with Crippen LogP contribution in [0.25, 0.3) is 23.2 Å². The van der Waals surface area contributed by atoms with Gasteiger partial charge in [-0.3, -0.25) is 0 Å². The Morgan fingerprint density at radius 2 is 2.17 bits per heavy atom. The summed E-state index contributed by atoms with van der Waals surface area (Å²) in [5, 5.41) is 9.19. The van der Waals surface area contributed by atoms with Gasteiger partial charge in [-0.2, -0.15) is 4.89 Å². The molecule has 0 amide bonds. The third-order valence-electron chi connectivity index (χ3n) is 3.65. The Morgan fingerprint density at radius 3 is 3.04 bits per heavy atom. The summed E-state index contributed by atoms with van der Waals surface area (Å²) in [4.78, 5) is 28.6. The molecule has 3 aromatic rings. The van der Waals surface area contributed by atoms with E-state index >= 15 is 0 Å². The molecule has 2 aromatic carbocycles. The molecule has 0 spiro atoms. The summed E-state index contributed by atoms with van der Waals surface area (Å²) in [5.41, 5.74) is 3.27. The predicted octanol–water partition coefficient (Wildman–Crippen LogP) is 3.26. The topological polar surface area (TPSA) is 84.4 Å². The largest absolute Gasteiger partial charge is 0.478 e. The fourth-order valence-electron chi connectivity index (χ4n) is 2.51. The maximum Gasteiger partial charge on any atom is 0.337 e. The number of carboxylic acids is 1. The van der Waals surface area contributed by atoms with Gasteiger partial charge in [0.1, 0.15) is 17.9 Å². The van der Waals surface area contributed by atoms with Gasteiger partial charge >= 0.3 is 5.97 Å². The van der Waals surface area contributed by atoms with Crippen molar-refractivity contribution in [2.45, 2.75) is 6.61 Å². The van der Waals surface area contributed by atoms with E-state index in [0.29, 0.717) is 29.2 Å². The van der Waals surface area contributed by atoms with Crippen molar-refractivity contribution in [2.24, 2.45) is 0 Å². The van der Waals surface area contributed by atoms with Crippen LogP contribution in [0.3, 0.4) is 0 Å². The number of fused-ring (bicyclic) bond motifs is 2. The number of H-pyrrole nitrogens is 1. The number of aromatic carboxylic acids is 1.